The summed E-state index contributed by atoms with van der Waals surface area (Å²) in [5.41, 5.74) is 1.11. The van der Waals surface area contributed by atoms with Gasteiger partial charge in [0.2, 0.25) is 0 Å². The van der Waals surface area contributed by atoms with Gasteiger partial charge in [-0.3, -0.25) is 0 Å². The number of carbonyl (C=O) groups excluding carboxylic acids is 1. The van der Waals surface area contributed by atoms with Crippen LogP contribution in [-0.2, 0) is 9.53 Å². The molecule has 0 aromatic heterocycles. The van der Waals surface area contributed by atoms with Crippen LogP contribution in [0.15, 0.2) is 6.07 Å². The molecule has 116 valence electrons. The van der Waals surface area contributed by atoms with Crippen molar-refractivity contribution in [3.05, 3.63) is 22.2 Å². The zero-order valence-corrected chi connectivity index (χ0v) is 13.1. The molecule has 1 unspecified atom stereocenters. The predicted octanol–water partition coefficient (Wildman–Crippen LogP) is 2.83. The average molecular weight is 315 g/mol. The van der Waals surface area contributed by atoms with E-state index in [4.69, 9.17) is 21.1 Å². The van der Waals surface area contributed by atoms with Crippen molar-refractivity contribution in [2.24, 2.45) is 0 Å². The molecule has 0 amide bonds. The standard InChI is InChI=1S/C15H19ClO5/c1-8(2)11-9(12(17)15(18)19-3)7-10(16)13-14(11)21-6-4-5-20-13/h7-8,12,17H,4-6H2,1-3H3. The van der Waals surface area contributed by atoms with Gasteiger partial charge >= 0.3 is 5.97 Å². The molecule has 5 nitrogen and oxygen atoms in total. The first-order chi connectivity index (χ1) is 9.97. The normalized spacial score (nSPS) is 15.5. The number of hydrogen-bond acceptors (Lipinski definition) is 5. The highest BCUT2D eigenvalue weighted by Gasteiger charge is 2.29. The number of hydrogen-bond donors (Lipinski definition) is 1. The van der Waals surface area contributed by atoms with Gasteiger partial charge in [-0.05, 0) is 12.0 Å². The molecule has 1 aromatic rings. The molecule has 0 radical (unpaired) electrons. The fourth-order valence-electron chi connectivity index (χ4n) is 2.39. The van der Waals surface area contributed by atoms with E-state index in [1.807, 2.05) is 13.8 Å². The van der Waals surface area contributed by atoms with Crippen molar-refractivity contribution in [2.45, 2.75) is 32.3 Å². The van der Waals surface area contributed by atoms with Crippen LogP contribution in [0.4, 0.5) is 0 Å². The number of ether oxygens (including phenoxy) is 3. The molecule has 1 N–H and O–H groups in total. The van der Waals surface area contributed by atoms with Crippen molar-refractivity contribution in [3.63, 3.8) is 0 Å². The van der Waals surface area contributed by atoms with Crippen molar-refractivity contribution in [2.75, 3.05) is 20.3 Å². The molecule has 0 spiro atoms. The molecule has 0 saturated heterocycles. The summed E-state index contributed by atoms with van der Waals surface area (Å²) in [6, 6.07) is 1.55. The van der Waals surface area contributed by atoms with Crippen LogP contribution in [-0.4, -0.2) is 31.4 Å². The highest BCUT2D eigenvalue weighted by Crippen LogP contribution is 2.46. The number of aliphatic hydroxyl groups excluding tert-OH is 1. The highest BCUT2D eigenvalue weighted by molar-refractivity contribution is 6.32. The van der Waals surface area contributed by atoms with E-state index >= 15 is 0 Å². The highest BCUT2D eigenvalue weighted by atomic mass is 35.5. The van der Waals surface area contributed by atoms with Gasteiger partial charge in [0.1, 0.15) is 0 Å². The number of halogens is 1. The van der Waals surface area contributed by atoms with Crippen LogP contribution >= 0.6 is 11.6 Å². The molecule has 1 atom stereocenters. The first kappa shape index (κ1) is 15.9. The van der Waals surface area contributed by atoms with Crippen LogP contribution < -0.4 is 9.47 Å². The molecule has 21 heavy (non-hydrogen) atoms. The molecule has 0 aliphatic carbocycles. The molecule has 0 bridgehead atoms. The number of benzene rings is 1. The van der Waals surface area contributed by atoms with E-state index in [1.54, 1.807) is 6.07 Å². The van der Waals surface area contributed by atoms with Crippen molar-refractivity contribution in [1.29, 1.82) is 0 Å². The summed E-state index contributed by atoms with van der Waals surface area (Å²) in [5, 5.41) is 10.5. The van der Waals surface area contributed by atoms with Gasteiger partial charge in [-0.2, -0.15) is 0 Å². The summed E-state index contributed by atoms with van der Waals surface area (Å²) in [5.74, 6) is 0.265. The van der Waals surface area contributed by atoms with E-state index in [0.29, 0.717) is 40.9 Å². The Labute approximate surface area is 128 Å². The smallest absolute Gasteiger partial charge is 0.339 e. The van der Waals surface area contributed by atoms with Gasteiger partial charge in [0.25, 0.3) is 0 Å². The first-order valence-corrected chi connectivity index (χ1v) is 7.23. The van der Waals surface area contributed by atoms with Crippen molar-refractivity contribution in [3.8, 4) is 11.5 Å². The van der Waals surface area contributed by atoms with Crippen molar-refractivity contribution >= 4 is 17.6 Å². The Balaban J connectivity index is 2.63. The number of esters is 1. The minimum Gasteiger partial charge on any atom is -0.489 e. The quantitative estimate of drug-likeness (QED) is 0.869. The summed E-state index contributed by atoms with van der Waals surface area (Å²) >= 11 is 6.22. The van der Waals surface area contributed by atoms with Crippen LogP contribution in [0, 0.1) is 0 Å². The van der Waals surface area contributed by atoms with Crippen molar-refractivity contribution in [1.82, 2.24) is 0 Å². The molecular formula is C15H19ClO5. The molecule has 6 heteroatoms. The molecular weight excluding hydrogens is 296 g/mol. The molecule has 1 heterocycles. The predicted molar refractivity (Wildman–Crippen MR) is 78.1 cm³/mol. The Hall–Kier alpha value is -1.46. The second kappa shape index (κ2) is 6.54. The maximum atomic E-state index is 11.6. The van der Waals surface area contributed by atoms with E-state index in [-0.39, 0.29) is 5.92 Å². The van der Waals surface area contributed by atoms with Gasteiger partial charge in [-0.1, -0.05) is 25.4 Å². The van der Waals surface area contributed by atoms with Crippen LogP contribution in [0.1, 0.15) is 43.4 Å². The van der Waals surface area contributed by atoms with Crippen LogP contribution in [0.5, 0.6) is 11.5 Å². The Morgan fingerprint density at radius 1 is 1.33 bits per heavy atom. The molecule has 1 aliphatic rings. The third kappa shape index (κ3) is 3.09. The van der Waals surface area contributed by atoms with E-state index in [1.165, 1.54) is 7.11 Å². The summed E-state index contributed by atoms with van der Waals surface area (Å²) in [6.45, 7) is 4.92. The Morgan fingerprint density at radius 2 is 1.95 bits per heavy atom. The summed E-state index contributed by atoms with van der Waals surface area (Å²) in [6.07, 6.45) is -0.653. The topological polar surface area (TPSA) is 65.0 Å². The SMILES string of the molecule is COC(=O)C(O)c1cc(Cl)c2c(c1C(C)C)OCCCO2. The second-order valence-electron chi connectivity index (χ2n) is 5.15. The molecule has 0 fully saturated rings. The van der Waals surface area contributed by atoms with Gasteiger partial charge < -0.3 is 19.3 Å². The Kier molecular flexibility index (Phi) is 4.96. The maximum Gasteiger partial charge on any atom is 0.339 e. The molecule has 1 aliphatic heterocycles. The monoisotopic (exact) mass is 314 g/mol. The fraction of sp³-hybridized carbons (Fsp3) is 0.533. The van der Waals surface area contributed by atoms with Gasteiger partial charge in [0.15, 0.2) is 17.6 Å². The van der Waals surface area contributed by atoms with Gasteiger partial charge in [-0.25, -0.2) is 4.79 Å². The fourth-order valence-corrected chi connectivity index (χ4v) is 2.65. The third-order valence-electron chi connectivity index (χ3n) is 3.34. The van der Waals surface area contributed by atoms with E-state index in [0.717, 1.165) is 6.42 Å². The zero-order chi connectivity index (χ0) is 15.6. The summed E-state index contributed by atoms with van der Waals surface area (Å²) < 4.78 is 16.0. The first-order valence-electron chi connectivity index (χ1n) is 6.85. The minimum absolute atomic E-state index is 0.0204. The largest absolute Gasteiger partial charge is 0.489 e. The molecule has 1 aromatic carbocycles. The molecule has 0 saturated carbocycles. The number of fused-ring (bicyclic) bond motifs is 1. The summed E-state index contributed by atoms with van der Waals surface area (Å²) in [7, 11) is 1.23. The van der Waals surface area contributed by atoms with Gasteiger partial charge in [0.05, 0.1) is 25.3 Å². The summed E-state index contributed by atoms with van der Waals surface area (Å²) in [4.78, 5) is 11.6. The number of rotatable bonds is 3. The Bertz CT molecular complexity index is 541. The number of aliphatic hydroxyl groups is 1. The zero-order valence-electron chi connectivity index (χ0n) is 12.3. The lowest BCUT2D eigenvalue weighted by Crippen LogP contribution is -2.17. The van der Waals surface area contributed by atoms with Gasteiger partial charge in [-0.15, -0.1) is 0 Å². The van der Waals surface area contributed by atoms with Crippen molar-refractivity contribution < 1.29 is 24.1 Å². The lowest BCUT2D eigenvalue weighted by atomic mass is 9.92. The number of carbonyl (C=O) groups is 1. The van der Waals surface area contributed by atoms with Crippen LogP contribution in [0.2, 0.25) is 5.02 Å². The second-order valence-corrected chi connectivity index (χ2v) is 5.56. The van der Waals surface area contributed by atoms with E-state index < -0.39 is 12.1 Å². The number of methoxy groups -OCH3 is 1. The third-order valence-corrected chi connectivity index (χ3v) is 3.62. The lowest BCUT2D eigenvalue weighted by molar-refractivity contribution is -0.150. The van der Waals surface area contributed by atoms with E-state index in [9.17, 15) is 9.90 Å². The maximum absolute atomic E-state index is 11.6. The minimum atomic E-state index is -1.40. The van der Waals surface area contributed by atoms with Gasteiger partial charge in [0, 0.05) is 17.5 Å². The van der Waals surface area contributed by atoms with Crippen LogP contribution in [0.25, 0.3) is 0 Å². The van der Waals surface area contributed by atoms with E-state index in [2.05, 4.69) is 4.74 Å². The lowest BCUT2D eigenvalue weighted by Gasteiger charge is -2.22. The average Bonchev–Trinajstić information content (AvgIpc) is 2.71. The van der Waals surface area contributed by atoms with Crippen LogP contribution in [0.3, 0.4) is 0 Å². The Morgan fingerprint density at radius 3 is 2.52 bits per heavy atom. The molecule has 2 rings (SSSR count).